The highest BCUT2D eigenvalue weighted by atomic mass is 79.9. The maximum Gasteiger partial charge on any atom is 0.253 e. The van der Waals surface area contributed by atoms with Crippen LogP contribution in [0.15, 0.2) is 22.7 Å². The molecule has 0 unspecified atom stereocenters. The largest absolute Gasteiger partial charge is 0.342 e. The van der Waals surface area contributed by atoms with Crippen molar-refractivity contribution in [2.24, 2.45) is 0 Å². The van der Waals surface area contributed by atoms with Crippen LogP contribution in [-0.4, -0.2) is 20.7 Å². The molecule has 1 aromatic carbocycles. The Bertz CT molecular complexity index is 675. The third-order valence-electron chi connectivity index (χ3n) is 3.90. The third-order valence-corrected chi connectivity index (χ3v) is 4.57. The van der Waals surface area contributed by atoms with Gasteiger partial charge < -0.3 is 9.88 Å². The van der Waals surface area contributed by atoms with E-state index in [1.54, 1.807) is 0 Å². The van der Waals surface area contributed by atoms with Crippen molar-refractivity contribution in [3.8, 4) is 0 Å². The Balaban J connectivity index is 1.86. The van der Waals surface area contributed by atoms with Crippen molar-refractivity contribution in [1.82, 2.24) is 20.1 Å². The SMILES string of the molecule is Cc1cccc(Br)c1C(=O)N[C@H]1CCCn2c(C)nnc21. The molecule has 1 N–H and O–H groups in total. The molecule has 1 aliphatic rings. The number of carbonyl (C=O) groups excluding carboxylic acids is 1. The highest BCUT2D eigenvalue weighted by Crippen LogP contribution is 2.26. The van der Waals surface area contributed by atoms with Crippen LogP contribution in [0, 0.1) is 13.8 Å². The summed E-state index contributed by atoms with van der Waals surface area (Å²) in [6.07, 6.45) is 1.92. The van der Waals surface area contributed by atoms with Gasteiger partial charge in [-0.25, -0.2) is 0 Å². The minimum atomic E-state index is -0.0704. The number of hydrogen-bond acceptors (Lipinski definition) is 3. The Hall–Kier alpha value is -1.69. The highest BCUT2D eigenvalue weighted by Gasteiger charge is 2.26. The Morgan fingerprint density at radius 2 is 2.19 bits per heavy atom. The number of benzene rings is 1. The highest BCUT2D eigenvalue weighted by molar-refractivity contribution is 9.10. The van der Waals surface area contributed by atoms with Crippen molar-refractivity contribution >= 4 is 21.8 Å². The molecule has 0 saturated heterocycles. The van der Waals surface area contributed by atoms with Gasteiger partial charge in [0, 0.05) is 11.0 Å². The number of halogens is 1. The van der Waals surface area contributed by atoms with Crippen LogP contribution in [0.5, 0.6) is 0 Å². The first-order chi connectivity index (χ1) is 10.1. The van der Waals surface area contributed by atoms with Gasteiger partial charge in [0.15, 0.2) is 5.82 Å². The predicted octanol–water partition coefficient (Wildman–Crippen LogP) is 2.92. The van der Waals surface area contributed by atoms with Gasteiger partial charge in [0.05, 0.1) is 11.6 Å². The second kappa shape index (κ2) is 5.60. The second-order valence-electron chi connectivity index (χ2n) is 5.36. The van der Waals surface area contributed by atoms with Crippen molar-refractivity contribution in [3.05, 3.63) is 45.4 Å². The molecule has 3 rings (SSSR count). The molecule has 21 heavy (non-hydrogen) atoms. The van der Waals surface area contributed by atoms with E-state index in [4.69, 9.17) is 0 Å². The number of aromatic nitrogens is 3. The number of nitrogens with one attached hydrogen (secondary N) is 1. The van der Waals surface area contributed by atoms with Gasteiger partial charge in [-0.2, -0.15) is 0 Å². The van der Waals surface area contributed by atoms with Gasteiger partial charge in [-0.1, -0.05) is 12.1 Å². The van der Waals surface area contributed by atoms with Crippen molar-refractivity contribution in [2.75, 3.05) is 0 Å². The standard InChI is InChI=1S/C15H17BrN4O/c1-9-5-3-6-11(16)13(9)15(21)17-12-7-4-8-20-10(2)18-19-14(12)20/h3,5-6,12H,4,7-8H2,1-2H3,(H,17,21)/t12-/m0/s1. The van der Waals surface area contributed by atoms with Crippen molar-refractivity contribution in [2.45, 2.75) is 39.3 Å². The van der Waals surface area contributed by atoms with E-state index in [0.717, 1.165) is 41.1 Å². The summed E-state index contributed by atoms with van der Waals surface area (Å²) in [5, 5.41) is 11.4. The van der Waals surface area contributed by atoms with Crippen LogP contribution in [0.25, 0.3) is 0 Å². The molecular formula is C15H17BrN4O. The minimum absolute atomic E-state index is 0.0703. The van der Waals surface area contributed by atoms with E-state index < -0.39 is 0 Å². The maximum atomic E-state index is 12.6. The summed E-state index contributed by atoms with van der Waals surface area (Å²) in [6, 6.07) is 5.68. The van der Waals surface area contributed by atoms with Crippen molar-refractivity contribution in [3.63, 3.8) is 0 Å². The lowest BCUT2D eigenvalue weighted by molar-refractivity contribution is 0.0926. The van der Waals surface area contributed by atoms with Crippen LogP contribution >= 0.6 is 15.9 Å². The van der Waals surface area contributed by atoms with E-state index in [-0.39, 0.29) is 11.9 Å². The second-order valence-corrected chi connectivity index (χ2v) is 6.21. The van der Waals surface area contributed by atoms with Crippen LogP contribution in [-0.2, 0) is 6.54 Å². The third kappa shape index (κ3) is 2.60. The first-order valence-electron chi connectivity index (χ1n) is 7.03. The molecule has 6 heteroatoms. The fourth-order valence-electron chi connectivity index (χ4n) is 2.80. The van der Waals surface area contributed by atoms with E-state index in [0.29, 0.717) is 5.56 Å². The summed E-state index contributed by atoms with van der Waals surface area (Å²) in [4.78, 5) is 12.6. The predicted molar refractivity (Wildman–Crippen MR) is 83.1 cm³/mol. The molecular weight excluding hydrogens is 332 g/mol. The van der Waals surface area contributed by atoms with Crippen LogP contribution in [0.3, 0.4) is 0 Å². The zero-order valence-electron chi connectivity index (χ0n) is 12.1. The van der Waals surface area contributed by atoms with E-state index in [2.05, 4.69) is 36.0 Å². The summed E-state index contributed by atoms with van der Waals surface area (Å²) in [6.45, 7) is 4.81. The Morgan fingerprint density at radius 1 is 1.38 bits per heavy atom. The topological polar surface area (TPSA) is 59.8 Å². The molecule has 110 valence electrons. The summed E-state index contributed by atoms with van der Waals surface area (Å²) >= 11 is 3.45. The molecule has 1 aliphatic heterocycles. The van der Waals surface area contributed by atoms with Gasteiger partial charge in [-0.3, -0.25) is 4.79 Å². The van der Waals surface area contributed by atoms with Gasteiger partial charge in [0.1, 0.15) is 5.82 Å². The fourth-order valence-corrected chi connectivity index (χ4v) is 3.45. The monoisotopic (exact) mass is 348 g/mol. The molecule has 5 nitrogen and oxygen atoms in total. The van der Waals surface area contributed by atoms with Crippen LogP contribution in [0.2, 0.25) is 0 Å². The first kappa shape index (κ1) is 14.3. The van der Waals surface area contributed by atoms with E-state index in [1.807, 2.05) is 32.0 Å². The quantitative estimate of drug-likeness (QED) is 0.907. The number of carbonyl (C=O) groups is 1. The van der Waals surface area contributed by atoms with Gasteiger partial charge in [0.2, 0.25) is 0 Å². The lowest BCUT2D eigenvalue weighted by Gasteiger charge is -2.24. The maximum absolute atomic E-state index is 12.6. The summed E-state index contributed by atoms with van der Waals surface area (Å²) < 4.78 is 2.90. The Kier molecular flexibility index (Phi) is 3.80. The molecule has 0 saturated carbocycles. The molecule has 0 bridgehead atoms. The zero-order valence-corrected chi connectivity index (χ0v) is 13.6. The van der Waals surface area contributed by atoms with Crippen LogP contribution in [0.4, 0.5) is 0 Å². The van der Waals surface area contributed by atoms with Gasteiger partial charge in [-0.15, -0.1) is 10.2 Å². The molecule has 1 amide bonds. The molecule has 2 heterocycles. The summed E-state index contributed by atoms with van der Waals surface area (Å²) in [5.74, 6) is 1.69. The molecule has 2 aromatic rings. The lowest BCUT2D eigenvalue weighted by Crippen LogP contribution is -2.33. The average Bonchev–Trinajstić information content (AvgIpc) is 2.82. The normalized spacial score (nSPS) is 17.4. The lowest BCUT2D eigenvalue weighted by atomic mass is 10.0. The van der Waals surface area contributed by atoms with Gasteiger partial charge in [0.25, 0.3) is 5.91 Å². The number of aryl methyl sites for hydroxylation is 2. The van der Waals surface area contributed by atoms with E-state index in [9.17, 15) is 4.79 Å². The van der Waals surface area contributed by atoms with Crippen LogP contribution in [0.1, 0.15) is 46.5 Å². The number of rotatable bonds is 2. The minimum Gasteiger partial charge on any atom is -0.342 e. The van der Waals surface area contributed by atoms with E-state index >= 15 is 0 Å². The Morgan fingerprint density at radius 3 is 2.95 bits per heavy atom. The number of nitrogens with zero attached hydrogens (tertiary/aromatic N) is 3. The molecule has 0 fully saturated rings. The molecule has 1 aromatic heterocycles. The van der Waals surface area contributed by atoms with E-state index in [1.165, 1.54) is 0 Å². The summed E-state index contributed by atoms with van der Waals surface area (Å²) in [5.41, 5.74) is 1.64. The van der Waals surface area contributed by atoms with Crippen LogP contribution < -0.4 is 5.32 Å². The number of amides is 1. The Labute approximate surface area is 131 Å². The first-order valence-corrected chi connectivity index (χ1v) is 7.83. The fraction of sp³-hybridized carbons (Fsp3) is 0.400. The van der Waals surface area contributed by atoms with Crippen molar-refractivity contribution in [1.29, 1.82) is 0 Å². The molecule has 1 atom stereocenters. The summed E-state index contributed by atoms with van der Waals surface area (Å²) in [7, 11) is 0. The smallest absolute Gasteiger partial charge is 0.253 e. The number of fused-ring (bicyclic) bond motifs is 1. The van der Waals surface area contributed by atoms with Gasteiger partial charge >= 0.3 is 0 Å². The van der Waals surface area contributed by atoms with Crippen molar-refractivity contribution < 1.29 is 4.79 Å². The zero-order chi connectivity index (χ0) is 15.0. The molecule has 0 aliphatic carbocycles. The molecule has 0 spiro atoms. The van der Waals surface area contributed by atoms with Gasteiger partial charge in [-0.05, 0) is 54.2 Å². The average molecular weight is 349 g/mol. The number of hydrogen-bond donors (Lipinski definition) is 1. The molecule has 0 radical (unpaired) electrons.